The standard InChI is InChI=1S/C27H44N4O2S4/c1-7-28-17-21(34)30(24(28)36)23(31-22(35)18-29(8-2)25(31)37)27(5,6)16-14-20(33)13-11-9-10-12-15-26(3,4)19-32/h19,23H,7-18H2,1-6H3. The van der Waals surface area contributed by atoms with Gasteiger partial charge in [0.2, 0.25) is 0 Å². The third-order valence-electron chi connectivity index (χ3n) is 7.49. The minimum atomic E-state index is -0.355. The SMILES string of the molecule is CCN1CC(=S)N(C(N2C(=S)CN(CC)C2=S)C(C)(C)CCC(=O)CCCCCCC(C)(C)C=O)C1=S. The van der Waals surface area contributed by atoms with Crippen LogP contribution in [0.25, 0.3) is 0 Å². The van der Waals surface area contributed by atoms with Crippen LogP contribution in [0.15, 0.2) is 0 Å². The number of unbranched alkanes of at least 4 members (excludes halogenated alkanes) is 3. The molecule has 2 fully saturated rings. The van der Waals surface area contributed by atoms with E-state index < -0.39 is 0 Å². The molecule has 37 heavy (non-hydrogen) atoms. The summed E-state index contributed by atoms with van der Waals surface area (Å²) < 4.78 is 0. The molecule has 2 rings (SSSR count). The minimum Gasteiger partial charge on any atom is -0.342 e. The second kappa shape index (κ2) is 13.8. The fourth-order valence-corrected chi connectivity index (χ4v) is 6.56. The van der Waals surface area contributed by atoms with Gasteiger partial charge in [-0.3, -0.25) is 14.6 Å². The topological polar surface area (TPSA) is 47.1 Å². The van der Waals surface area contributed by atoms with Gasteiger partial charge in [0.05, 0.1) is 13.1 Å². The van der Waals surface area contributed by atoms with Crippen molar-refractivity contribution < 1.29 is 9.59 Å². The monoisotopic (exact) mass is 584 g/mol. The Labute approximate surface area is 245 Å². The molecule has 0 atom stereocenters. The van der Waals surface area contributed by atoms with Crippen molar-refractivity contribution in [2.75, 3.05) is 26.2 Å². The van der Waals surface area contributed by atoms with Crippen LogP contribution >= 0.6 is 48.9 Å². The van der Waals surface area contributed by atoms with E-state index in [0.29, 0.717) is 42.6 Å². The molecule has 0 aromatic carbocycles. The van der Waals surface area contributed by atoms with Gasteiger partial charge >= 0.3 is 0 Å². The number of thiocarbonyl (C=S) groups is 4. The number of carbonyl (C=O) groups is 2. The molecule has 0 N–H and O–H groups in total. The molecule has 208 valence electrons. The molecule has 2 aliphatic heterocycles. The predicted molar refractivity (Wildman–Crippen MR) is 168 cm³/mol. The maximum absolute atomic E-state index is 12.9. The van der Waals surface area contributed by atoms with E-state index in [4.69, 9.17) is 48.9 Å². The van der Waals surface area contributed by atoms with Crippen molar-refractivity contribution in [3.63, 3.8) is 0 Å². The van der Waals surface area contributed by atoms with Crippen LogP contribution < -0.4 is 0 Å². The lowest BCUT2D eigenvalue weighted by atomic mass is 9.81. The number of nitrogens with zero attached hydrogens (tertiary/aromatic N) is 4. The van der Waals surface area contributed by atoms with Crippen LogP contribution in [0.4, 0.5) is 0 Å². The largest absolute Gasteiger partial charge is 0.342 e. The molecule has 2 aliphatic rings. The van der Waals surface area contributed by atoms with Crippen LogP contribution in [0.2, 0.25) is 0 Å². The van der Waals surface area contributed by atoms with Crippen LogP contribution in [-0.4, -0.2) is 84.2 Å². The van der Waals surface area contributed by atoms with Gasteiger partial charge in [-0.15, -0.1) is 0 Å². The van der Waals surface area contributed by atoms with Crippen molar-refractivity contribution in [2.24, 2.45) is 10.8 Å². The summed E-state index contributed by atoms with van der Waals surface area (Å²) >= 11 is 23.4. The number of Topliss-reactive ketones (excluding diaryl/α,β-unsaturated/α-hetero) is 1. The van der Waals surface area contributed by atoms with E-state index >= 15 is 0 Å². The number of hydrogen-bond acceptors (Lipinski definition) is 6. The third-order valence-corrected chi connectivity index (χ3v) is 9.05. The van der Waals surface area contributed by atoms with Crippen LogP contribution in [0.3, 0.4) is 0 Å². The first-order valence-electron chi connectivity index (χ1n) is 13.5. The summed E-state index contributed by atoms with van der Waals surface area (Å²) in [7, 11) is 0. The lowest BCUT2D eigenvalue weighted by Gasteiger charge is -2.46. The summed E-state index contributed by atoms with van der Waals surface area (Å²) in [4.78, 5) is 33.8. The maximum Gasteiger partial charge on any atom is 0.178 e. The number of likely N-dealkylation sites (N-methyl/N-ethyl adjacent to an activating group) is 2. The van der Waals surface area contributed by atoms with Gasteiger partial charge in [0.1, 0.15) is 28.2 Å². The van der Waals surface area contributed by atoms with Gasteiger partial charge in [-0.1, -0.05) is 71.4 Å². The average Bonchev–Trinajstić information content (AvgIpc) is 3.29. The lowest BCUT2D eigenvalue weighted by molar-refractivity contribution is -0.120. The molecule has 0 bridgehead atoms. The minimum absolute atomic E-state index is 0.250. The van der Waals surface area contributed by atoms with Gasteiger partial charge in [0.15, 0.2) is 10.2 Å². The van der Waals surface area contributed by atoms with E-state index in [9.17, 15) is 9.59 Å². The van der Waals surface area contributed by atoms with Crippen molar-refractivity contribution >= 4 is 81.1 Å². The molecule has 0 spiro atoms. The number of carbonyl (C=O) groups excluding carboxylic acids is 2. The van der Waals surface area contributed by atoms with Gasteiger partial charge < -0.3 is 14.6 Å². The van der Waals surface area contributed by atoms with Crippen LogP contribution in [0.1, 0.15) is 92.9 Å². The Morgan fingerprint density at radius 2 is 1.30 bits per heavy atom. The van der Waals surface area contributed by atoms with Gasteiger partial charge in [0.25, 0.3) is 0 Å². The maximum atomic E-state index is 12.9. The van der Waals surface area contributed by atoms with Crippen LogP contribution in [-0.2, 0) is 9.59 Å². The Hall–Kier alpha value is -1.10. The Morgan fingerprint density at radius 1 is 0.811 bits per heavy atom. The van der Waals surface area contributed by atoms with Crippen molar-refractivity contribution in [1.82, 2.24) is 19.6 Å². The summed E-state index contributed by atoms with van der Waals surface area (Å²) in [5.41, 5.74) is -0.605. The summed E-state index contributed by atoms with van der Waals surface area (Å²) in [5, 5.41) is 1.41. The number of ketones is 1. The van der Waals surface area contributed by atoms with E-state index in [1.807, 2.05) is 13.8 Å². The first-order valence-corrected chi connectivity index (χ1v) is 15.1. The highest BCUT2D eigenvalue weighted by molar-refractivity contribution is 7.82. The highest BCUT2D eigenvalue weighted by Gasteiger charge is 2.49. The molecule has 6 nitrogen and oxygen atoms in total. The van der Waals surface area contributed by atoms with Crippen molar-refractivity contribution in [1.29, 1.82) is 0 Å². The molecule has 0 unspecified atom stereocenters. The zero-order valence-corrected chi connectivity index (χ0v) is 26.6. The summed E-state index contributed by atoms with van der Waals surface area (Å²) in [6.07, 6.45) is 7.40. The normalized spacial score (nSPS) is 17.2. The number of hydrogen-bond donors (Lipinski definition) is 0. The molecule has 10 heteroatoms. The van der Waals surface area contributed by atoms with Crippen LogP contribution in [0, 0.1) is 10.8 Å². The Bertz CT molecular complexity index is 863. The zero-order valence-electron chi connectivity index (χ0n) is 23.4. The van der Waals surface area contributed by atoms with E-state index in [1.165, 1.54) is 0 Å². The summed E-state index contributed by atoms with van der Waals surface area (Å²) in [6.45, 7) is 15.2. The average molecular weight is 585 g/mol. The fraction of sp³-hybridized carbons (Fsp3) is 0.778. The molecule has 0 amide bonds. The van der Waals surface area contributed by atoms with Gasteiger partial charge in [-0.2, -0.15) is 0 Å². The third kappa shape index (κ3) is 8.19. The highest BCUT2D eigenvalue weighted by atomic mass is 32.1. The molecule has 0 aromatic rings. The van der Waals surface area contributed by atoms with Crippen molar-refractivity contribution in [3.05, 3.63) is 0 Å². The second-order valence-electron chi connectivity index (χ2n) is 11.5. The van der Waals surface area contributed by atoms with E-state index in [0.717, 1.165) is 61.5 Å². The predicted octanol–water partition coefficient (Wildman–Crippen LogP) is 5.75. The molecule has 0 aromatic heterocycles. The fourth-order valence-electron chi connectivity index (χ4n) is 4.95. The first kappa shape index (κ1) is 32.1. The van der Waals surface area contributed by atoms with E-state index in [-0.39, 0.29) is 22.8 Å². The summed E-state index contributed by atoms with van der Waals surface area (Å²) in [6, 6.07) is 0. The summed E-state index contributed by atoms with van der Waals surface area (Å²) in [5.74, 6) is 0.281. The van der Waals surface area contributed by atoms with Crippen molar-refractivity contribution in [3.8, 4) is 0 Å². The zero-order chi connectivity index (χ0) is 28.0. The van der Waals surface area contributed by atoms with Crippen LogP contribution in [0.5, 0.6) is 0 Å². The second-order valence-corrected chi connectivity index (χ2v) is 13.2. The molecular formula is C27H44N4O2S4. The van der Waals surface area contributed by atoms with E-state index in [1.54, 1.807) is 0 Å². The quantitative estimate of drug-likeness (QED) is 0.127. The molecular weight excluding hydrogens is 541 g/mol. The van der Waals surface area contributed by atoms with Gasteiger partial charge in [-0.25, -0.2) is 0 Å². The Balaban J connectivity index is 2.06. The molecule has 2 heterocycles. The van der Waals surface area contributed by atoms with Crippen molar-refractivity contribution in [2.45, 2.75) is 99.1 Å². The Morgan fingerprint density at radius 3 is 1.73 bits per heavy atom. The van der Waals surface area contributed by atoms with Gasteiger partial charge in [0, 0.05) is 36.8 Å². The number of rotatable bonds is 16. The lowest BCUT2D eigenvalue weighted by Crippen LogP contribution is -2.60. The molecule has 2 saturated heterocycles. The molecule has 0 saturated carbocycles. The molecule has 0 aliphatic carbocycles. The smallest absolute Gasteiger partial charge is 0.178 e. The van der Waals surface area contributed by atoms with E-state index in [2.05, 4.69) is 47.3 Å². The molecule has 0 radical (unpaired) electrons. The Kier molecular flexibility index (Phi) is 12.0. The number of aldehydes is 1. The van der Waals surface area contributed by atoms with Gasteiger partial charge in [-0.05, 0) is 57.5 Å². The highest BCUT2D eigenvalue weighted by Crippen LogP contribution is 2.38. The first-order chi connectivity index (χ1) is 17.3.